The van der Waals surface area contributed by atoms with Gasteiger partial charge in [-0.2, -0.15) is 0 Å². The lowest BCUT2D eigenvalue weighted by Crippen LogP contribution is -2.15. The number of benzene rings is 1. The maximum atomic E-state index is 13.5. The summed E-state index contributed by atoms with van der Waals surface area (Å²) in [6, 6.07) is 7.78. The van der Waals surface area contributed by atoms with E-state index in [9.17, 15) is 9.18 Å². The molecule has 1 heterocycles. The van der Waals surface area contributed by atoms with Crippen molar-refractivity contribution in [2.75, 3.05) is 10.7 Å². The minimum Gasteiger partial charge on any atom is -0.322 e. The Morgan fingerprint density at radius 2 is 2.10 bits per heavy atom. The highest BCUT2D eigenvalue weighted by atomic mass is 19.1. The molecule has 0 aliphatic rings. The van der Waals surface area contributed by atoms with Gasteiger partial charge >= 0.3 is 0 Å². The van der Waals surface area contributed by atoms with Gasteiger partial charge in [-0.25, -0.2) is 15.2 Å². The highest BCUT2D eigenvalue weighted by Gasteiger charge is 2.10. The number of hydrazine groups is 1. The van der Waals surface area contributed by atoms with Crippen LogP contribution in [-0.4, -0.2) is 10.9 Å². The largest absolute Gasteiger partial charge is 0.322 e. The molecule has 0 aliphatic heterocycles. The average Bonchev–Trinajstić information content (AvgIpc) is 2.50. The molecular formula is C15H17FN4O. The Morgan fingerprint density at radius 3 is 2.71 bits per heavy atom. The van der Waals surface area contributed by atoms with Gasteiger partial charge in [0.25, 0.3) is 5.91 Å². The summed E-state index contributed by atoms with van der Waals surface area (Å²) in [5, 5.41) is 2.65. The van der Waals surface area contributed by atoms with Gasteiger partial charge in [-0.1, -0.05) is 13.0 Å². The Kier molecular flexibility index (Phi) is 4.49. The molecule has 1 aromatic heterocycles. The molecule has 0 atom stereocenters. The highest BCUT2D eigenvalue weighted by Crippen LogP contribution is 2.16. The van der Waals surface area contributed by atoms with Crippen molar-refractivity contribution in [3.63, 3.8) is 0 Å². The Hall–Kier alpha value is -2.47. The number of nitrogens with two attached hydrogens (primary N) is 1. The van der Waals surface area contributed by atoms with Crippen molar-refractivity contribution < 1.29 is 9.18 Å². The number of pyridine rings is 1. The Morgan fingerprint density at radius 1 is 1.33 bits per heavy atom. The zero-order valence-electron chi connectivity index (χ0n) is 11.9. The lowest BCUT2D eigenvalue weighted by molar-refractivity contribution is 0.102. The molecule has 1 aromatic carbocycles. The maximum Gasteiger partial charge on any atom is 0.255 e. The van der Waals surface area contributed by atoms with Gasteiger partial charge in [0.15, 0.2) is 0 Å². The molecule has 21 heavy (non-hydrogen) atoms. The third-order valence-corrected chi connectivity index (χ3v) is 3.08. The lowest BCUT2D eigenvalue weighted by atomic mass is 10.1. The number of hydrogen-bond donors (Lipinski definition) is 3. The highest BCUT2D eigenvalue weighted by molar-refractivity contribution is 6.04. The van der Waals surface area contributed by atoms with Crippen LogP contribution in [0.5, 0.6) is 0 Å². The Bertz CT molecular complexity index is 650. The molecule has 0 radical (unpaired) electrons. The van der Waals surface area contributed by atoms with Crippen LogP contribution in [0.3, 0.4) is 0 Å². The first-order valence-electron chi connectivity index (χ1n) is 6.58. The third-order valence-electron chi connectivity index (χ3n) is 3.08. The molecule has 0 spiro atoms. The van der Waals surface area contributed by atoms with Gasteiger partial charge in [0.05, 0.1) is 0 Å². The van der Waals surface area contributed by atoms with Crippen molar-refractivity contribution in [1.82, 2.24) is 4.98 Å². The number of carbonyl (C=O) groups is 1. The van der Waals surface area contributed by atoms with E-state index in [4.69, 9.17) is 5.84 Å². The summed E-state index contributed by atoms with van der Waals surface area (Å²) in [5.41, 5.74) is 4.51. The molecule has 0 unspecified atom stereocenters. The number of nitrogen functional groups attached to an aromatic ring is 1. The van der Waals surface area contributed by atoms with Crippen LogP contribution < -0.4 is 16.6 Å². The number of rotatable bonds is 4. The van der Waals surface area contributed by atoms with Gasteiger partial charge in [0.1, 0.15) is 11.6 Å². The maximum absolute atomic E-state index is 13.5. The van der Waals surface area contributed by atoms with Gasteiger partial charge in [-0.05, 0) is 43.2 Å². The topological polar surface area (TPSA) is 80.0 Å². The molecule has 6 heteroatoms. The summed E-state index contributed by atoms with van der Waals surface area (Å²) in [6.45, 7) is 3.59. The number of anilines is 2. The standard InChI is InChI=1S/C15H17FN4O/c1-3-11-6-10(7-14(18-11)20-17)15(21)19-12-5-4-9(2)13(16)8-12/h4-8H,3,17H2,1-2H3,(H,18,20)(H,19,21). The molecule has 110 valence electrons. The van der Waals surface area contributed by atoms with Gasteiger partial charge in [0.2, 0.25) is 0 Å². The van der Waals surface area contributed by atoms with Crippen LogP contribution in [-0.2, 0) is 6.42 Å². The van der Waals surface area contributed by atoms with E-state index in [1.165, 1.54) is 6.07 Å². The second-order valence-corrected chi connectivity index (χ2v) is 4.65. The van der Waals surface area contributed by atoms with Crippen LogP contribution in [0.25, 0.3) is 0 Å². The van der Waals surface area contributed by atoms with Crippen molar-refractivity contribution in [2.45, 2.75) is 20.3 Å². The van der Waals surface area contributed by atoms with Gasteiger partial charge in [-0.15, -0.1) is 0 Å². The molecular weight excluding hydrogens is 271 g/mol. The Labute approximate surface area is 122 Å². The quantitative estimate of drug-likeness (QED) is 0.597. The summed E-state index contributed by atoms with van der Waals surface area (Å²) in [4.78, 5) is 16.4. The molecule has 0 saturated heterocycles. The number of halogens is 1. The minimum atomic E-state index is -0.360. The SMILES string of the molecule is CCc1cc(C(=O)Nc2ccc(C)c(F)c2)cc(NN)n1. The number of amides is 1. The zero-order chi connectivity index (χ0) is 15.4. The fourth-order valence-electron chi connectivity index (χ4n) is 1.85. The van der Waals surface area contributed by atoms with E-state index in [0.717, 1.165) is 5.69 Å². The molecule has 0 fully saturated rings. The van der Waals surface area contributed by atoms with E-state index in [-0.39, 0.29) is 11.7 Å². The van der Waals surface area contributed by atoms with Crippen LogP contribution in [0.1, 0.15) is 28.5 Å². The predicted octanol–water partition coefficient (Wildman–Crippen LogP) is 2.63. The minimum absolute atomic E-state index is 0.341. The van der Waals surface area contributed by atoms with Crippen LogP contribution in [0.4, 0.5) is 15.9 Å². The Balaban J connectivity index is 2.25. The molecule has 5 nitrogen and oxygen atoms in total. The van der Waals surface area contributed by atoms with Crippen molar-refractivity contribution in [1.29, 1.82) is 0 Å². The van der Waals surface area contributed by atoms with Crippen molar-refractivity contribution >= 4 is 17.4 Å². The summed E-state index contributed by atoms with van der Waals surface area (Å²) in [7, 11) is 0. The first-order chi connectivity index (χ1) is 10.0. The number of aromatic nitrogens is 1. The summed E-state index contributed by atoms with van der Waals surface area (Å²) in [6.07, 6.45) is 0.676. The normalized spacial score (nSPS) is 10.3. The van der Waals surface area contributed by atoms with Crippen molar-refractivity contribution in [2.24, 2.45) is 5.84 Å². The second-order valence-electron chi connectivity index (χ2n) is 4.65. The smallest absolute Gasteiger partial charge is 0.255 e. The summed E-state index contributed by atoms with van der Waals surface area (Å²) >= 11 is 0. The first kappa shape index (κ1) is 14.9. The van der Waals surface area contributed by atoms with Gasteiger partial charge in [-0.3, -0.25) is 4.79 Å². The lowest BCUT2D eigenvalue weighted by Gasteiger charge is -2.09. The molecule has 1 amide bonds. The molecule has 0 bridgehead atoms. The predicted molar refractivity (Wildman–Crippen MR) is 80.5 cm³/mol. The van der Waals surface area contributed by atoms with Crippen LogP contribution in [0.15, 0.2) is 30.3 Å². The van der Waals surface area contributed by atoms with Crippen LogP contribution in [0.2, 0.25) is 0 Å². The van der Waals surface area contributed by atoms with Crippen LogP contribution >= 0.6 is 0 Å². The number of carbonyl (C=O) groups excluding carboxylic acids is 1. The molecule has 0 saturated carbocycles. The van der Waals surface area contributed by atoms with Crippen molar-refractivity contribution in [3.8, 4) is 0 Å². The first-order valence-corrected chi connectivity index (χ1v) is 6.58. The van der Waals surface area contributed by atoms with Crippen LogP contribution in [0, 0.1) is 12.7 Å². The fraction of sp³-hybridized carbons (Fsp3) is 0.200. The number of nitrogens with one attached hydrogen (secondary N) is 2. The van der Waals surface area contributed by atoms with E-state index < -0.39 is 0 Å². The van der Waals surface area contributed by atoms with Gasteiger partial charge in [0, 0.05) is 16.9 Å². The van der Waals surface area contributed by atoms with E-state index in [1.54, 1.807) is 31.2 Å². The van der Waals surface area contributed by atoms with Gasteiger partial charge < -0.3 is 10.7 Å². The summed E-state index contributed by atoms with van der Waals surface area (Å²) < 4.78 is 13.5. The van der Waals surface area contributed by atoms with E-state index in [0.29, 0.717) is 29.1 Å². The monoisotopic (exact) mass is 288 g/mol. The fourth-order valence-corrected chi connectivity index (χ4v) is 1.85. The van der Waals surface area contributed by atoms with E-state index in [1.807, 2.05) is 6.92 Å². The summed E-state index contributed by atoms with van der Waals surface area (Å²) in [5.74, 6) is 5.05. The molecule has 0 aliphatic carbocycles. The molecule has 2 aromatic rings. The zero-order valence-corrected chi connectivity index (χ0v) is 11.9. The van der Waals surface area contributed by atoms with E-state index >= 15 is 0 Å². The molecule has 2 rings (SSSR count). The number of nitrogens with zero attached hydrogens (tertiary/aromatic N) is 1. The average molecular weight is 288 g/mol. The second kappa shape index (κ2) is 6.32. The van der Waals surface area contributed by atoms with E-state index in [2.05, 4.69) is 15.7 Å². The van der Waals surface area contributed by atoms with Crippen molar-refractivity contribution in [3.05, 3.63) is 53.0 Å². The molecule has 4 N–H and O–H groups in total. The number of hydrogen-bond acceptors (Lipinski definition) is 4. The third kappa shape index (κ3) is 3.55. The number of aryl methyl sites for hydroxylation is 2.